The minimum atomic E-state index is -0.882. The maximum atomic E-state index is 11.3. The fourth-order valence-corrected chi connectivity index (χ4v) is 4.70. The number of benzene rings is 2. The molecule has 33 heavy (non-hydrogen) atoms. The van der Waals surface area contributed by atoms with E-state index in [0.717, 1.165) is 23.5 Å². The monoisotopic (exact) mass is 493 g/mol. The van der Waals surface area contributed by atoms with Crippen LogP contribution in [0.25, 0.3) is 0 Å². The van der Waals surface area contributed by atoms with Crippen molar-refractivity contribution in [3.8, 4) is 11.5 Å². The number of rotatable bonds is 13. The van der Waals surface area contributed by atoms with Crippen molar-refractivity contribution in [2.45, 2.75) is 63.8 Å². The van der Waals surface area contributed by atoms with Gasteiger partial charge in [0, 0.05) is 21.8 Å². The number of aromatic hydroxyl groups is 1. The predicted molar refractivity (Wildman–Crippen MR) is 134 cm³/mol. The van der Waals surface area contributed by atoms with Crippen LogP contribution in [0.2, 0.25) is 5.02 Å². The minimum absolute atomic E-state index is 0.0140. The van der Waals surface area contributed by atoms with E-state index in [1.165, 1.54) is 0 Å². The smallest absolute Gasteiger partial charge is 0.310 e. The highest BCUT2D eigenvalue weighted by Crippen LogP contribution is 2.39. The topological polar surface area (TPSA) is 96.2 Å². The zero-order valence-electron chi connectivity index (χ0n) is 19.5. The lowest BCUT2D eigenvalue weighted by Crippen LogP contribution is -2.07. The van der Waals surface area contributed by atoms with Gasteiger partial charge in [0.15, 0.2) is 0 Å². The van der Waals surface area contributed by atoms with Gasteiger partial charge < -0.3 is 14.9 Å². The summed E-state index contributed by atoms with van der Waals surface area (Å²) in [6, 6.07) is 8.30. The second-order valence-electron chi connectivity index (χ2n) is 8.32. The molecule has 2 aromatic carbocycles. The van der Waals surface area contributed by atoms with Crippen LogP contribution in [0, 0.1) is 10.8 Å². The zero-order chi connectivity index (χ0) is 24.5. The summed E-state index contributed by atoms with van der Waals surface area (Å²) in [6.07, 6.45) is 2.23. The van der Waals surface area contributed by atoms with Crippen molar-refractivity contribution >= 4 is 29.3 Å². The van der Waals surface area contributed by atoms with Crippen LogP contribution in [-0.2, 0) is 11.2 Å². The van der Waals surface area contributed by atoms with Crippen LogP contribution < -0.4 is 4.74 Å². The fraction of sp³-hybridized carbons (Fsp3) is 0.480. The number of nitrogens with zero attached hydrogens (tertiary/aromatic N) is 1. The Morgan fingerprint density at radius 3 is 2.52 bits per heavy atom. The third-order valence-corrected chi connectivity index (χ3v) is 7.05. The highest BCUT2D eigenvalue weighted by Gasteiger charge is 2.23. The molecular formula is C25H32ClNO5S. The van der Waals surface area contributed by atoms with Gasteiger partial charge in [-0.1, -0.05) is 50.0 Å². The third kappa shape index (κ3) is 7.11. The Hall–Kier alpha value is -2.25. The number of hydrogen-bond acceptors (Lipinski definition) is 6. The molecule has 0 spiro atoms. The van der Waals surface area contributed by atoms with E-state index in [1.807, 2.05) is 32.9 Å². The first-order chi connectivity index (χ1) is 15.7. The highest BCUT2D eigenvalue weighted by atomic mass is 35.5. The van der Waals surface area contributed by atoms with Gasteiger partial charge in [-0.25, -0.2) is 0 Å². The Kier molecular flexibility index (Phi) is 10.5. The predicted octanol–water partition coefficient (Wildman–Crippen LogP) is 7.21. The molecule has 0 bridgehead atoms. The number of phenols is 1. The van der Waals surface area contributed by atoms with Crippen molar-refractivity contribution in [3.63, 3.8) is 0 Å². The molecule has 0 aliphatic heterocycles. The number of halogens is 1. The van der Waals surface area contributed by atoms with Crippen LogP contribution in [0.4, 0.5) is 0 Å². The maximum absolute atomic E-state index is 11.3. The van der Waals surface area contributed by atoms with Gasteiger partial charge in [0.1, 0.15) is 17.5 Å². The minimum Gasteiger partial charge on any atom is -0.507 e. The molecule has 0 saturated heterocycles. The molecule has 2 unspecified atom stereocenters. The van der Waals surface area contributed by atoms with E-state index in [9.17, 15) is 14.8 Å². The Balaban J connectivity index is 1.98. The van der Waals surface area contributed by atoms with Crippen molar-refractivity contribution in [2.24, 2.45) is 11.1 Å². The molecule has 0 aliphatic carbocycles. The van der Waals surface area contributed by atoms with E-state index < -0.39 is 17.9 Å². The Morgan fingerprint density at radius 2 is 1.94 bits per heavy atom. The summed E-state index contributed by atoms with van der Waals surface area (Å²) in [7, 11) is 0. The molecule has 2 rings (SSSR count). The van der Waals surface area contributed by atoms with Gasteiger partial charge in [0.2, 0.25) is 0 Å². The Morgan fingerprint density at radius 1 is 1.21 bits per heavy atom. The maximum Gasteiger partial charge on any atom is 0.310 e. The number of hydrogen-bond donors (Lipinski definition) is 2. The molecule has 0 aromatic heterocycles. The van der Waals surface area contributed by atoms with Crippen LogP contribution in [0.5, 0.6) is 11.5 Å². The number of carboxylic acid groups (broad SMARTS) is 1. The number of aliphatic carboxylic acids is 1. The van der Waals surface area contributed by atoms with Crippen LogP contribution in [0.1, 0.15) is 69.2 Å². The molecule has 0 aliphatic rings. The first kappa shape index (κ1) is 27.0. The van der Waals surface area contributed by atoms with Crippen LogP contribution >= 0.6 is 23.4 Å². The highest BCUT2D eigenvalue weighted by molar-refractivity contribution is 7.99. The van der Waals surface area contributed by atoms with E-state index in [4.69, 9.17) is 21.4 Å². The summed E-state index contributed by atoms with van der Waals surface area (Å²) < 4.78 is 5.96. The molecule has 6 nitrogen and oxygen atoms in total. The lowest BCUT2D eigenvalue weighted by atomic mass is 9.93. The SMILES string of the molecule is CCCc1c(OCCCSc2ccc(C(C)C(=O)O)cc2Cl)ccc(C(N=O)C(C)C)c1O. The molecule has 2 N–H and O–H groups in total. The van der Waals surface area contributed by atoms with Crippen LogP contribution in [0.15, 0.2) is 40.4 Å². The normalized spacial score (nSPS) is 13.0. The molecule has 0 radical (unpaired) electrons. The summed E-state index contributed by atoms with van der Waals surface area (Å²) in [6.45, 7) is 7.93. The zero-order valence-corrected chi connectivity index (χ0v) is 21.1. The first-order valence-electron chi connectivity index (χ1n) is 11.2. The van der Waals surface area contributed by atoms with Gasteiger partial charge in [0.25, 0.3) is 0 Å². The standard InChI is InChI=1S/C25H32ClNO5S/c1-5-7-18-21(10-9-19(24(18)28)23(27-31)15(2)3)32-12-6-13-33-22-11-8-17(14-20(22)26)16(4)25(29)30/h8-11,14-16,23,28H,5-7,12-13H2,1-4H3,(H,29,30). The number of phenolic OH excluding ortho intramolecular Hbond substituents is 1. The van der Waals surface area contributed by atoms with Crippen LogP contribution in [0.3, 0.4) is 0 Å². The van der Waals surface area contributed by atoms with Crippen molar-refractivity contribution in [1.82, 2.24) is 0 Å². The molecule has 0 saturated carbocycles. The molecular weight excluding hydrogens is 462 g/mol. The van der Waals surface area contributed by atoms with Gasteiger partial charge in [-0.15, -0.1) is 11.8 Å². The van der Waals surface area contributed by atoms with E-state index in [0.29, 0.717) is 40.5 Å². The molecule has 2 aromatic rings. The molecule has 0 fully saturated rings. The van der Waals surface area contributed by atoms with E-state index in [-0.39, 0.29) is 11.7 Å². The number of carbonyl (C=O) groups is 1. The summed E-state index contributed by atoms with van der Waals surface area (Å²) in [4.78, 5) is 23.3. The van der Waals surface area contributed by atoms with Crippen LogP contribution in [-0.4, -0.2) is 28.5 Å². The Labute approximate surface area is 204 Å². The summed E-state index contributed by atoms with van der Waals surface area (Å²) in [5.74, 6) is -0.00278. The van der Waals surface area contributed by atoms with E-state index in [2.05, 4.69) is 5.18 Å². The van der Waals surface area contributed by atoms with Crippen molar-refractivity contribution in [3.05, 3.63) is 57.0 Å². The average Bonchev–Trinajstić information content (AvgIpc) is 2.77. The largest absolute Gasteiger partial charge is 0.507 e. The van der Waals surface area contributed by atoms with Gasteiger partial charge in [0.05, 0.1) is 17.5 Å². The molecule has 8 heteroatoms. The van der Waals surface area contributed by atoms with Gasteiger partial charge in [-0.3, -0.25) is 4.79 Å². The summed E-state index contributed by atoms with van der Waals surface area (Å²) in [5, 5.41) is 23.7. The van der Waals surface area contributed by atoms with E-state index in [1.54, 1.807) is 36.9 Å². The number of ether oxygens (including phenoxy) is 1. The Bertz CT molecular complexity index is 966. The fourth-order valence-electron chi connectivity index (χ4n) is 3.51. The molecule has 0 heterocycles. The van der Waals surface area contributed by atoms with Crippen molar-refractivity contribution in [1.29, 1.82) is 0 Å². The van der Waals surface area contributed by atoms with Crippen molar-refractivity contribution < 1.29 is 19.7 Å². The molecule has 0 amide bonds. The lowest BCUT2D eigenvalue weighted by molar-refractivity contribution is -0.138. The van der Waals surface area contributed by atoms with Gasteiger partial charge in [-0.05, 0) is 55.5 Å². The van der Waals surface area contributed by atoms with Crippen molar-refractivity contribution in [2.75, 3.05) is 12.4 Å². The number of nitroso groups, excluding NO2 is 1. The molecule has 2 atom stereocenters. The molecule has 180 valence electrons. The number of carboxylic acids is 1. The second-order valence-corrected chi connectivity index (χ2v) is 9.87. The lowest BCUT2D eigenvalue weighted by Gasteiger charge is -2.19. The van der Waals surface area contributed by atoms with Gasteiger partial charge >= 0.3 is 5.97 Å². The number of thioether (sulfide) groups is 1. The first-order valence-corrected chi connectivity index (χ1v) is 12.5. The quantitative estimate of drug-likeness (QED) is 0.174. The summed E-state index contributed by atoms with van der Waals surface area (Å²) >= 11 is 7.92. The third-order valence-electron chi connectivity index (χ3n) is 5.46. The average molecular weight is 494 g/mol. The second kappa shape index (κ2) is 12.8. The van der Waals surface area contributed by atoms with E-state index >= 15 is 0 Å². The van der Waals surface area contributed by atoms with Gasteiger partial charge in [-0.2, -0.15) is 4.91 Å². The summed E-state index contributed by atoms with van der Waals surface area (Å²) in [5.41, 5.74) is 1.93.